The summed E-state index contributed by atoms with van der Waals surface area (Å²) in [4.78, 5) is 65.4. The van der Waals surface area contributed by atoms with Crippen molar-refractivity contribution in [2.24, 2.45) is 5.73 Å². The van der Waals surface area contributed by atoms with Crippen molar-refractivity contribution < 1.29 is 104 Å². The Morgan fingerprint density at radius 1 is 0.429 bits per heavy atom. The van der Waals surface area contributed by atoms with Crippen molar-refractivity contribution in [2.45, 2.75) is 168 Å². The Labute approximate surface area is 672 Å². The van der Waals surface area contributed by atoms with Crippen LogP contribution >= 0.6 is 57.0 Å². The fraction of sp³-hybridized carbons (Fsp3) is 0.595. The molecule has 0 bridgehead atoms. The molecule has 112 heavy (non-hydrogen) atoms. The minimum Gasteiger partial charge on any atom is -0.502 e. The third-order valence-corrected chi connectivity index (χ3v) is 27.4. The van der Waals surface area contributed by atoms with E-state index in [4.69, 9.17) is 29.4 Å². The molecule has 32 nitrogen and oxygen atoms in total. The third-order valence-electron chi connectivity index (χ3n) is 19.3. The number of nitrogens with two attached hydrogens (primary N) is 1. The SMILES string of the molecule is C=C1NC(=O)C(/C=C/CN)=CN1C1O[C@H](CCP(=C)(C)C)[C@@H](O)[C@H]1O.C=C1NC(=O)C(C)=CN1C1O[C@H](CCP(=C)(C)C)[C@@H](O)[C@H]1O.C=C1NC(=O)C(I)=CN1C1O[C@H](CCP(=C)(C)C)[C@@H](O)[C@H]1O.C=C1NC(=O)C(O)=CN1C1O[C@H](CCP(=C)(C)C)[C@@H](O)[C@H]1O.C=C1NC(=O)CCN1C1O[C@H](CCP(=C)(C)C)[C@@H](O)[C@H]1O. The molecule has 38 heteroatoms. The molecule has 0 saturated carbocycles. The summed E-state index contributed by atoms with van der Waals surface area (Å²) in [6.07, 6.45) is 21.1. The summed E-state index contributed by atoms with van der Waals surface area (Å²) in [6.45, 7) is 36.2. The Balaban J connectivity index is 0.000000219. The van der Waals surface area contributed by atoms with Gasteiger partial charge in [-0.2, -0.15) is 0 Å². The zero-order valence-corrected chi connectivity index (χ0v) is 72.8. The summed E-state index contributed by atoms with van der Waals surface area (Å²) in [5.74, 6) is -0.520. The van der Waals surface area contributed by atoms with Gasteiger partial charge in [0.2, 0.25) is 5.91 Å². The lowest BCUT2D eigenvalue weighted by molar-refractivity contribution is -0.128. The van der Waals surface area contributed by atoms with E-state index < -0.39 is 169 Å². The van der Waals surface area contributed by atoms with Crippen molar-refractivity contribution in [3.63, 3.8) is 0 Å². The molecule has 5 amide bonds. The summed E-state index contributed by atoms with van der Waals surface area (Å²) in [6, 6.07) is 0. The number of aliphatic hydroxyl groups is 11. The zero-order valence-electron chi connectivity index (χ0n) is 66.2. The first-order chi connectivity index (χ1) is 51.6. The van der Waals surface area contributed by atoms with Gasteiger partial charge in [0.25, 0.3) is 23.6 Å². The Kier molecular flexibility index (Phi) is 34.3. The number of ether oxygens (including phenoxy) is 5. The highest BCUT2D eigenvalue weighted by molar-refractivity contribution is 14.1. The maximum absolute atomic E-state index is 12.0. The Morgan fingerprint density at radius 3 is 1.06 bits per heavy atom. The molecule has 632 valence electrons. The number of rotatable bonds is 22. The molecule has 0 aromatic carbocycles. The first kappa shape index (κ1) is 96.0. The average molecular weight is 1780 g/mol. The van der Waals surface area contributed by atoms with E-state index in [1.54, 1.807) is 52.4 Å². The van der Waals surface area contributed by atoms with E-state index in [1.165, 1.54) is 9.80 Å². The van der Waals surface area contributed by atoms with Gasteiger partial charge in [0.15, 0.2) is 36.9 Å². The van der Waals surface area contributed by atoms with Gasteiger partial charge >= 0.3 is 0 Å². The van der Waals surface area contributed by atoms with Crippen molar-refractivity contribution in [2.75, 3.05) is 111 Å². The first-order valence-corrected chi connectivity index (χ1v) is 52.9. The number of carbonyl (C=O) groups excluding carboxylic acids is 5. The molecule has 0 aromatic rings. The lowest BCUT2D eigenvalue weighted by Crippen LogP contribution is -2.51. The fourth-order valence-corrected chi connectivity index (χ4v) is 18.0. The van der Waals surface area contributed by atoms with Crippen molar-refractivity contribution in [1.29, 1.82) is 0 Å². The predicted octanol–water partition coefficient (Wildman–Crippen LogP) is 0.545. The molecule has 6 fully saturated rings. The lowest BCUT2D eigenvalue weighted by Gasteiger charge is -2.36. The van der Waals surface area contributed by atoms with Gasteiger partial charge < -0.3 is 137 Å². The van der Waals surface area contributed by atoms with E-state index in [-0.39, 0.29) is 35.3 Å². The van der Waals surface area contributed by atoms with Gasteiger partial charge in [0.1, 0.15) is 90.1 Å². The largest absolute Gasteiger partial charge is 0.502 e. The average Bonchev–Trinajstić information content (AvgIpc) is 1.69. The molecule has 10 aliphatic rings. The van der Waals surface area contributed by atoms with Gasteiger partial charge in [0.05, 0.1) is 45.9 Å². The Morgan fingerprint density at radius 2 is 0.723 bits per heavy atom. The summed E-state index contributed by atoms with van der Waals surface area (Å²) >= 11 is 1.90. The van der Waals surface area contributed by atoms with Crippen LogP contribution in [-0.4, -0.2) is 375 Å². The van der Waals surface area contributed by atoms with Crippen LogP contribution in [0.15, 0.2) is 119 Å². The molecular formula is C74H123IN11O21P5. The van der Waals surface area contributed by atoms with Gasteiger partial charge in [-0.15, -0.1) is 65.9 Å². The number of aliphatic hydroxyl groups excluding tert-OH is 11. The van der Waals surface area contributed by atoms with Crippen molar-refractivity contribution in [3.05, 3.63) is 119 Å². The quantitative estimate of drug-likeness (QED) is 0.0520. The van der Waals surface area contributed by atoms with Gasteiger partial charge in [-0.1, -0.05) is 45.0 Å². The Hall–Kier alpha value is -4.86. The van der Waals surface area contributed by atoms with Crippen LogP contribution in [0.3, 0.4) is 0 Å². The van der Waals surface area contributed by atoms with Crippen molar-refractivity contribution in [3.8, 4) is 0 Å². The first-order valence-electron chi connectivity index (χ1n) is 36.5. The molecule has 0 aromatic heterocycles. The summed E-state index contributed by atoms with van der Waals surface area (Å²) < 4.78 is 29.6. The highest BCUT2D eigenvalue weighted by Gasteiger charge is 2.52. The number of halogens is 1. The monoisotopic (exact) mass is 1780 g/mol. The second kappa shape index (κ2) is 40.1. The molecule has 10 aliphatic heterocycles. The van der Waals surface area contributed by atoms with E-state index in [0.717, 1.165) is 37.0 Å². The molecule has 20 atom stereocenters. The van der Waals surface area contributed by atoms with E-state index in [1.807, 2.05) is 22.6 Å². The smallest absolute Gasteiger partial charge is 0.293 e. The topological polar surface area (TPSA) is 456 Å². The third kappa shape index (κ3) is 26.8. The predicted molar refractivity (Wildman–Crippen MR) is 458 cm³/mol. The summed E-state index contributed by atoms with van der Waals surface area (Å²) in [5.41, 5.74) is 6.29. The van der Waals surface area contributed by atoms with Crippen LogP contribution in [0.1, 0.15) is 45.4 Å². The van der Waals surface area contributed by atoms with E-state index >= 15 is 0 Å². The molecule has 6 saturated heterocycles. The van der Waals surface area contributed by atoms with Crippen LogP contribution in [0.5, 0.6) is 0 Å². The summed E-state index contributed by atoms with van der Waals surface area (Å²) in [5, 5.41) is 125. The van der Waals surface area contributed by atoms with Crippen LogP contribution in [0.25, 0.3) is 0 Å². The van der Waals surface area contributed by atoms with Crippen LogP contribution in [0, 0.1) is 0 Å². The molecule has 10 rings (SSSR count). The van der Waals surface area contributed by atoms with Crippen LogP contribution < -0.4 is 32.3 Å². The zero-order chi connectivity index (χ0) is 84.5. The van der Waals surface area contributed by atoms with E-state index in [9.17, 15) is 80.1 Å². The van der Waals surface area contributed by atoms with Gasteiger partial charge in [0, 0.05) is 43.7 Å². The molecule has 0 spiro atoms. The number of nitrogens with one attached hydrogen (secondary N) is 5. The van der Waals surface area contributed by atoms with E-state index in [2.05, 4.69) is 158 Å². The highest BCUT2D eigenvalue weighted by atomic mass is 127. The molecule has 5 unspecified atom stereocenters. The number of hydrogen-bond donors (Lipinski definition) is 17. The van der Waals surface area contributed by atoms with Crippen LogP contribution in [0.4, 0.5) is 0 Å². The Bertz CT molecular complexity index is 3690. The molecule has 0 aliphatic carbocycles. The molecular weight excluding hydrogens is 1660 g/mol. The lowest BCUT2D eigenvalue weighted by atomic mass is 10.1. The molecule has 10 heterocycles. The van der Waals surface area contributed by atoms with Gasteiger partial charge in [-0.05, 0) is 159 Å². The number of amides is 5. The van der Waals surface area contributed by atoms with Gasteiger partial charge in [-0.3, -0.25) is 24.0 Å². The molecule has 0 radical (unpaired) electrons. The van der Waals surface area contributed by atoms with Gasteiger partial charge in [-0.25, -0.2) is 0 Å². The van der Waals surface area contributed by atoms with Crippen molar-refractivity contribution in [1.82, 2.24) is 51.1 Å². The molecule has 18 N–H and O–H groups in total. The minimum absolute atomic E-state index is 0.0931. The maximum Gasteiger partial charge on any atom is 0.293 e. The second-order valence-electron chi connectivity index (χ2n) is 32.7. The number of carbonyl (C=O) groups is 5. The minimum atomic E-state index is -1.26. The number of nitrogens with zero attached hydrogens (tertiary/aromatic N) is 5. The number of hydrogen-bond acceptors (Lipinski definition) is 27. The van der Waals surface area contributed by atoms with E-state index in [0.29, 0.717) is 83.8 Å². The van der Waals surface area contributed by atoms with Crippen LogP contribution in [0.2, 0.25) is 0 Å². The second-order valence-corrected chi connectivity index (χ2v) is 55.4. The highest BCUT2D eigenvalue weighted by Crippen LogP contribution is 2.44. The fourth-order valence-electron chi connectivity index (χ4n) is 12.8. The van der Waals surface area contributed by atoms with Crippen molar-refractivity contribution >= 4 is 118 Å². The standard InChI is InChI=1S/C17H28N3O4P.C15H25N2O4P.C14H22IN2O4P.C14H23N2O5P.C14H25N2O4P/c1-11-19-16(23)12(6-5-8-18)10-20(11)17-15(22)14(21)13(24-17)7-9-25(2,3)4;1-9-8-17(10(2)16-14(9)20)15-13(19)12(18)11(21-15)6-7-22(3,4)5;1-8-16-13(20)9(15)7-17(8)14-12(19)11(18)10(21-14)5-6-22(2,3)4;1-8-15-13(20)9(17)7-16(8)14-12(19)11(18)10(21-14)5-6-22(2,3)4;1-9-15-11(17)5-7-16(9)14-13(19)12(18)10(20-14)6-8-21(2,3)4/h5-6,10,13-15,17,21-22H,1-2,7-9,18H2,3-4H3,(H,19,23);8,11-13,15,18-19H,2-3,6-7H2,1,4-5H3,(H,16,20);7,10-12,14,18-19H,1-2,5-6H2,3-4H3,(H,16,20);7,10-12,14,17-19H,1-2,5-6H2,3-4H3,(H,15,20);10,12-14,18-19H,1-2,5-8H2,3-4H3,(H,15,17)/b6-5+;;;;/t13-,14-,15-,17?;11-,12-,13-,15?;2*10-,11-,12-,14?;10-,12-,13-,14?/m11111/s1. The normalized spacial score (nSPS) is 32.7. The summed E-state index contributed by atoms with van der Waals surface area (Å²) in [7, 11) is 0. The van der Waals surface area contributed by atoms with Crippen LogP contribution in [-0.2, 0) is 47.7 Å². The maximum atomic E-state index is 12.0.